The topological polar surface area (TPSA) is 55.4 Å². The molecular weight excluding hydrogens is 274 g/mol. The lowest BCUT2D eigenvalue weighted by atomic mass is 10.1. The number of Topliss-reactive ketones (excluding diaryl/α,β-unsaturated/α-hetero) is 1. The number of aryl methyl sites for hydroxylation is 2. The number of carbonyl (C=O) groups is 2. The maximum absolute atomic E-state index is 12.0. The largest absolute Gasteiger partial charge is 0.382 e. The van der Waals surface area contributed by atoms with E-state index in [2.05, 4.69) is 5.32 Å². The Morgan fingerprint density at radius 1 is 1.30 bits per heavy atom. The van der Waals surface area contributed by atoms with Gasteiger partial charge in [-0.15, -0.1) is 11.3 Å². The van der Waals surface area contributed by atoms with Crippen molar-refractivity contribution in [3.63, 3.8) is 0 Å². The predicted octanol–water partition coefficient (Wildman–Crippen LogP) is 2.87. The zero-order valence-corrected chi connectivity index (χ0v) is 13.3. The number of rotatable bonds is 9. The van der Waals surface area contributed by atoms with Gasteiger partial charge in [-0.05, 0) is 33.3 Å². The Kier molecular flexibility index (Phi) is 7.47. The van der Waals surface area contributed by atoms with E-state index < -0.39 is 0 Å². The van der Waals surface area contributed by atoms with Crippen LogP contribution < -0.4 is 5.32 Å². The summed E-state index contributed by atoms with van der Waals surface area (Å²) in [6.45, 7) is 7.82. The minimum absolute atomic E-state index is 0.0521. The molecular formula is C15H23NO3S. The third-order valence-corrected chi connectivity index (χ3v) is 3.88. The Bertz CT molecular complexity index is 454. The van der Waals surface area contributed by atoms with Crippen molar-refractivity contribution >= 4 is 23.0 Å². The first-order valence-corrected chi connectivity index (χ1v) is 7.81. The number of carbonyl (C=O) groups excluding carboxylic acids is 2. The number of ether oxygens (including phenoxy) is 1. The monoisotopic (exact) mass is 297 g/mol. The van der Waals surface area contributed by atoms with Crippen molar-refractivity contribution in [1.82, 2.24) is 5.32 Å². The van der Waals surface area contributed by atoms with E-state index in [9.17, 15) is 9.59 Å². The molecule has 0 unspecified atom stereocenters. The first-order valence-electron chi connectivity index (χ1n) is 6.99. The van der Waals surface area contributed by atoms with Gasteiger partial charge in [-0.2, -0.15) is 0 Å². The van der Waals surface area contributed by atoms with Crippen molar-refractivity contribution in [2.24, 2.45) is 0 Å². The van der Waals surface area contributed by atoms with Gasteiger partial charge in [0.25, 0.3) is 0 Å². The lowest BCUT2D eigenvalue weighted by molar-refractivity contribution is -0.121. The molecule has 1 amide bonds. The van der Waals surface area contributed by atoms with Crippen LogP contribution in [0.2, 0.25) is 0 Å². The fourth-order valence-electron chi connectivity index (χ4n) is 1.90. The number of hydrogen-bond donors (Lipinski definition) is 1. The van der Waals surface area contributed by atoms with Crippen molar-refractivity contribution in [3.8, 4) is 0 Å². The second-order valence-electron chi connectivity index (χ2n) is 4.65. The smallest absolute Gasteiger partial charge is 0.220 e. The van der Waals surface area contributed by atoms with E-state index in [4.69, 9.17) is 4.74 Å². The third kappa shape index (κ3) is 5.84. The second kappa shape index (κ2) is 8.87. The lowest BCUT2D eigenvalue weighted by Crippen LogP contribution is -2.25. The number of hydrogen-bond acceptors (Lipinski definition) is 4. The van der Waals surface area contributed by atoms with Gasteiger partial charge in [-0.1, -0.05) is 0 Å². The SMILES string of the molecule is CCOCCCNC(=O)CCC(=O)c1cc(C)sc1C. The maximum Gasteiger partial charge on any atom is 0.220 e. The minimum atomic E-state index is -0.0700. The summed E-state index contributed by atoms with van der Waals surface area (Å²) < 4.78 is 5.18. The molecule has 0 aliphatic carbocycles. The van der Waals surface area contributed by atoms with E-state index in [-0.39, 0.29) is 24.5 Å². The Morgan fingerprint density at radius 2 is 2.05 bits per heavy atom. The van der Waals surface area contributed by atoms with Crippen molar-refractivity contribution in [3.05, 3.63) is 21.4 Å². The van der Waals surface area contributed by atoms with E-state index in [1.54, 1.807) is 11.3 Å². The summed E-state index contributed by atoms with van der Waals surface area (Å²) in [6.07, 6.45) is 1.33. The normalized spacial score (nSPS) is 10.6. The standard InChI is InChI=1S/C15H23NO3S/c1-4-19-9-5-8-16-15(18)7-6-14(17)13-10-11(2)20-12(13)3/h10H,4-9H2,1-3H3,(H,16,18). The summed E-state index contributed by atoms with van der Waals surface area (Å²) in [4.78, 5) is 25.8. The molecule has 4 nitrogen and oxygen atoms in total. The Labute approximate surface area is 124 Å². The highest BCUT2D eigenvalue weighted by Gasteiger charge is 2.13. The molecule has 0 saturated carbocycles. The van der Waals surface area contributed by atoms with E-state index >= 15 is 0 Å². The summed E-state index contributed by atoms with van der Waals surface area (Å²) in [6, 6.07) is 1.91. The molecule has 20 heavy (non-hydrogen) atoms. The molecule has 0 atom stereocenters. The van der Waals surface area contributed by atoms with Gasteiger partial charge in [0.05, 0.1) is 0 Å². The van der Waals surface area contributed by atoms with E-state index in [0.29, 0.717) is 19.8 Å². The molecule has 0 spiro atoms. The van der Waals surface area contributed by atoms with Crippen molar-refractivity contribution in [2.75, 3.05) is 19.8 Å². The van der Waals surface area contributed by atoms with Crippen molar-refractivity contribution < 1.29 is 14.3 Å². The highest BCUT2D eigenvalue weighted by atomic mass is 32.1. The van der Waals surface area contributed by atoms with Gasteiger partial charge in [-0.3, -0.25) is 9.59 Å². The summed E-state index contributed by atoms with van der Waals surface area (Å²) in [5, 5.41) is 2.80. The third-order valence-electron chi connectivity index (χ3n) is 2.91. The molecule has 1 aromatic heterocycles. The summed E-state index contributed by atoms with van der Waals surface area (Å²) in [5.41, 5.74) is 0.761. The molecule has 1 rings (SSSR count). The molecule has 1 heterocycles. The van der Waals surface area contributed by atoms with Crippen molar-refractivity contribution in [2.45, 2.75) is 40.0 Å². The van der Waals surface area contributed by atoms with Crippen LogP contribution in [0, 0.1) is 13.8 Å². The highest BCUT2D eigenvalue weighted by molar-refractivity contribution is 7.12. The second-order valence-corrected chi connectivity index (χ2v) is 6.11. The molecule has 0 aliphatic rings. The average molecular weight is 297 g/mol. The zero-order chi connectivity index (χ0) is 15.0. The van der Waals surface area contributed by atoms with Crippen LogP contribution in [-0.2, 0) is 9.53 Å². The van der Waals surface area contributed by atoms with Crippen LogP contribution in [0.5, 0.6) is 0 Å². The van der Waals surface area contributed by atoms with Gasteiger partial charge in [0, 0.05) is 47.9 Å². The van der Waals surface area contributed by atoms with Crippen molar-refractivity contribution in [1.29, 1.82) is 0 Å². The van der Waals surface area contributed by atoms with Gasteiger partial charge in [0.2, 0.25) is 5.91 Å². The fourth-order valence-corrected chi connectivity index (χ4v) is 2.85. The molecule has 0 bridgehead atoms. The Hall–Kier alpha value is -1.20. The molecule has 5 heteroatoms. The van der Waals surface area contributed by atoms with Crippen LogP contribution >= 0.6 is 11.3 Å². The molecule has 0 aromatic carbocycles. The number of amides is 1. The Morgan fingerprint density at radius 3 is 2.65 bits per heavy atom. The first-order chi connectivity index (χ1) is 9.54. The highest BCUT2D eigenvalue weighted by Crippen LogP contribution is 2.22. The van der Waals surface area contributed by atoms with Gasteiger partial charge >= 0.3 is 0 Å². The molecule has 1 aromatic rings. The van der Waals surface area contributed by atoms with Gasteiger partial charge in [0.1, 0.15) is 0 Å². The number of thiophene rings is 1. The Balaban J connectivity index is 2.24. The van der Waals surface area contributed by atoms with Gasteiger partial charge < -0.3 is 10.1 Å². The molecule has 1 N–H and O–H groups in total. The molecule has 0 aliphatic heterocycles. The van der Waals surface area contributed by atoms with Crippen LogP contribution in [-0.4, -0.2) is 31.4 Å². The molecule has 112 valence electrons. The van der Waals surface area contributed by atoms with Crippen LogP contribution in [0.1, 0.15) is 46.3 Å². The maximum atomic E-state index is 12.0. The van der Waals surface area contributed by atoms with E-state index in [0.717, 1.165) is 21.7 Å². The molecule has 0 radical (unpaired) electrons. The predicted molar refractivity (Wildman–Crippen MR) is 81.5 cm³/mol. The van der Waals surface area contributed by atoms with E-state index in [1.165, 1.54) is 0 Å². The van der Waals surface area contributed by atoms with Gasteiger partial charge in [0.15, 0.2) is 5.78 Å². The molecule has 0 saturated heterocycles. The summed E-state index contributed by atoms with van der Waals surface area (Å²) >= 11 is 1.62. The molecule has 0 fully saturated rings. The first kappa shape index (κ1) is 16.9. The van der Waals surface area contributed by atoms with Crippen LogP contribution in [0.3, 0.4) is 0 Å². The van der Waals surface area contributed by atoms with Crippen LogP contribution in [0.4, 0.5) is 0 Å². The average Bonchev–Trinajstić information content (AvgIpc) is 2.75. The summed E-state index contributed by atoms with van der Waals surface area (Å²) in [5.74, 6) is -0.0178. The van der Waals surface area contributed by atoms with Crippen LogP contribution in [0.25, 0.3) is 0 Å². The van der Waals surface area contributed by atoms with E-state index in [1.807, 2.05) is 26.8 Å². The zero-order valence-electron chi connectivity index (χ0n) is 12.5. The number of nitrogens with one attached hydrogen (secondary N) is 1. The number of ketones is 1. The van der Waals surface area contributed by atoms with Crippen LogP contribution in [0.15, 0.2) is 6.07 Å². The quantitative estimate of drug-likeness (QED) is 0.563. The fraction of sp³-hybridized carbons (Fsp3) is 0.600. The minimum Gasteiger partial charge on any atom is -0.382 e. The lowest BCUT2D eigenvalue weighted by Gasteiger charge is -2.05. The summed E-state index contributed by atoms with van der Waals surface area (Å²) in [7, 11) is 0. The van der Waals surface area contributed by atoms with Gasteiger partial charge in [-0.25, -0.2) is 0 Å².